The van der Waals surface area contributed by atoms with Crippen LogP contribution in [-0.2, 0) is 0 Å². The highest BCUT2D eigenvalue weighted by Crippen LogP contribution is 2.28. The largest absolute Gasteiger partial charge is 0.221 e. The molecule has 0 atom stereocenters. The predicted octanol–water partition coefficient (Wildman–Crippen LogP) is 4.56. The second kappa shape index (κ2) is 5.63. The number of aromatic nitrogens is 2. The molecule has 0 fully saturated rings. The van der Waals surface area contributed by atoms with Gasteiger partial charge in [0.25, 0.3) is 0 Å². The van der Waals surface area contributed by atoms with Crippen LogP contribution in [-0.4, -0.2) is 21.1 Å². The minimum Gasteiger partial charge on any atom is -0.221 e. The highest BCUT2D eigenvalue weighted by atomic mass is 35.5. The Morgan fingerprint density at radius 3 is 2.50 bits per heavy atom. The Morgan fingerprint density at radius 1 is 0.955 bits per heavy atom. The van der Waals surface area contributed by atoms with Crippen LogP contribution >= 0.6 is 23.4 Å². The average Bonchev–Trinajstić information content (AvgIpc) is 2.99. The number of benzene rings is 2. The second-order valence-electron chi connectivity index (χ2n) is 4.96. The highest BCUT2D eigenvalue weighted by Gasteiger charge is 2.17. The van der Waals surface area contributed by atoms with Crippen LogP contribution < -0.4 is 0 Å². The molecule has 0 saturated heterocycles. The smallest absolute Gasteiger partial charge is 0.189 e. The van der Waals surface area contributed by atoms with E-state index in [0.29, 0.717) is 0 Å². The van der Waals surface area contributed by atoms with Crippen LogP contribution in [0.4, 0.5) is 0 Å². The summed E-state index contributed by atoms with van der Waals surface area (Å²) in [7, 11) is 0. The maximum atomic E-state index is 5.94. The molecule has 0 saturated carbocycles. The topological polar surface area (TPSA) is 30.2 Å². The average molecular weight is 326 g/mol. The van der Waals surface area contributed by atoms with E-state index in [1.807, 2.05) is 53.3 Å². The van der Waals surface area contributed by atoms with E-state index < -0.39 is 0 Å². The summed E-state index contributed by atoms with van der Waals surface area (Å²) in [6.07, 6.45) is 1.98. The summed E-state index contributed by atoms with van der Waals surface area (Å²) in [5, 5.41) is 6.36. The van der Waals surface area contributed by atoms with E-state index in [-0.39, 0.29) is 0 Å². The molecule has 0 radical (unpaired) electrons. The lowest BCUT2D eigenvalue weighted by Crippen LogP contribution is -2.12. The summed E-state index contributed by atoms with van der Waals surface area (Å²) >= 11 is 7.64. The fourth-order valence-electron chi connectivity index (χ4n) is 2.35. The van der Waals surface area contributed by atoms with Crippen molar-refractivity contribution in [2.45, 2.75) is 5.16 Å². The van der Waals surface area contributed by atoms with Gasteiger partial charge in [-0.2, -0.15) is 5.10 Å². The number of halogens is 1. The third-order valence-electron chi connectivity index (χ3n) is 3.47. The van der Waals surface area contributed by atoms with Crippen LogP contribution in [0.1, 0.15) is 5.56 Å². The normalized spacial score (nSPS) is 13.6. The van der Waals surface area contributed by atoms with Gasteiger partial charge in [-0.3, -0.25) is 0 Å². The van der Waals surface area contributed by atoms with E-state index in [1.165, 1.54) is 0 Å². The first-order valence-corrected chi connectivity index (χ1v) is 8.27. The SMILES string of the molecule is Clc1ccc(C2=Nn3cc(-c4ccccc4)nc3SC2)cc1. The predicted molar refractivity (Wildman–Crippen MR) is 91.8 cm³/mol. The Labute approximate surface area is 137 Å². The molecule has 108 valence electrons. The van der Waals surface area contributed by atoms with Gasteiger partial charge in [0.1, 0.15) is 0 Å². The van der Waals surface area contributed by atoms with Crippen molar-refractivity contribution in [1.82, 2.24) is 9.66 Å². The summed E-state index contributed by atoms with van der Waals surface area (Å²) in [5.74, 6) is 0.812. The van der Waals surface area contributed by atoms with E-state index in [1.54, 1.807) is 11.8 Å². The van der Waals surface area contributed by atoms with Gasteiger partial charge >= 0.3 is 0 Å². The number of fused-ring (bicyclic) bond motifs is 1. The van der Waals surface area contributed by atoms with E-state index >= 15 is 0 Å². The van der Waals surface area contributed by atoms with Crippen LogP contribution in [0.5, 0.6) is 0 Å². The molecule has 0 spiro atoms. The van der Waals surface area contributed by atoms with Gasteiger partial charge in [0.15, 0.2) is 5.16 Å². The molecular weight excluding hydrogens is 314 g/mol. The zero-order valence-corrected chi connectivity index (χ0v) is 13.2. The van der Waals surface area contributed by atoms with E-state index in [4.69, 9.17) is 16.7 Å². The number of hydrogen-bond acceptors (Lipinski definition) is 3. The van der Waals surface area contributed by atoms with Crippen molar-refractivity contribution in [3.05, 3.63) is 71.4 Å². The van der Waals surface area contributed by atoms with Crippen molar-refractivity contribution in [2.24, 2.45) is 5.10 Å². The molecule has 3 aromatic rings. The Hall–Kier alpha value is -2.04. The van der Waals surface area contributed by atoms with Crippen LogP contribution in [0.25, 0.3) is 11.3 Å². The van der Waals surface area contributed by atoms with Crippen LogP contribution in [0.3, 0.4) is 0 Å². The van der Waals surface area contributed by atoms with E-state index in [2.05, 4.69) is 17.1 Å². The first-order valence-electron chi connectivity index (χ1n) is 6.91. The first-order chi connectivity index (χ1) is 10.8. The Balaban J connectivity index is 1.71. The van der Waals surface area contributed by atoms with Gasteiger partial charge in [0, 0.05) is 16.3 Å². The third kappa shape index (κ3) is 2.56. The maximum absolute atomic E-state index is 5.94. The van der Waals surface area contributed by atoms with Crippen LogP contribution in [0.15, 0.2) is 71.1 Å². The van der Waals surface area contributed by atoms with Gasteiger partial charge in [-0.25, -0.2) is 9.66 Å². The Kier molecular flexibility index (Phi) is 3.48. The van der Waals surface area contributed by atoms with Gasteiger partial charge in [0.2, 0.25) is 0 Å². The summed E-state index contributed by atoms with van der Waals surface area (Å²) in [5.41, 5.74) is 4.18. The molecule has 2 aromatic carbocycles. The summed E-state index contributed by atoms with van der Waals surface area (Å²) < 4.78 is 1.86. The minimum absolute atomic E-state index is 0.738. The van der Waals surface area contributed by atoms with Crippen molar-refractivity contribution in [1.29, 1.82) is 0 Å². The molecular formula is C17H12ClN3S. The number of rotatable bonds is 2. The van der Waals surface area contributed by atoms with Gasteiger partial charge in [-0.1, -0.05) is 65.8 Å². The molecule has 1 aliphatic heterocycles. The number of imidazole rings is 1. The standard InChI is InChI=1S/C17H12ClN3S/c18-14-8-6-13(7-9-14)16-11-22-17-19-15(10-21(17)20-16)12-4-2-1-3-5-12/h1-10H,11H2. The highest BCUT2D eigenvalue weighted by molar-refractivity contribution is 7.99. The van der Waals surface area contributed by atoms with Crippen molar-refractivity contribution in [2.75, 3.05) is 5.75 Å². The summed E-state index contributed by atoms with van der Waals surface area (Å²) in [4.78, 5) is 4.66. The fraction of sp³-hybridized carbons (Fsp3) is 0.0588. The van der Waals surface area contributed by atoms with Crippen molar-refractivity contribution in [3.63, 3.8) is 0 Å². The molecule has 0 bridgehead atoms. The third-order valence-corrected chi connectivity index (χ3v) is 4.68. The van der Waals surface area contributed by atoms with E-state index in [9.17, 15) is 0 Å². The number of nitrogens with zero attached hydrogens (tertiary/aromatic N) is 3. The Bertz CT molecular complexity index is 838. The molecule has 0 unspecified atom stereocenters. The molecule has 1 aromatic heterocycles. The zero-order chi connectivity index (χ0) is 14.9. The lowest BCUT2D eigenvalue weighted by molar-refractivity contribution is 0.757. The zero-order valence-electron chi connectivity index (χ0n) is 11.6. The van der Waals surface area contributed by atoms with Crippen LogP contribution in [0, 0.1) is 0 Å². The molecule has 3 nitrogen and oxygen atoms in total. The lowest BCUT2D eigenvalue weighted by Gasteiger charge is -2.12. The first kappa shape index (κ1) is 13.6. The van der Waals surface area contributed by atoms with Crippen LogP contribution in [0.2, 0.25) is 5.02 Å². The molecule has 0 N–H and O–H groups in total. The second-order valence-corrected chi connectivity index (χ2v) is 6.34. The maximum Gasteiger partial charge on any atom is 0.189 e. The van der Waals surface area contributed by atoms with Crippen molar-refractivity contribution < 1.29 is 0 Å². The summed E-state index contributed by atoms with van der Waals surface area (Å²) in [6.45, 7) is 0. The summed E-state index contributed by atoms with van der Waals surface area (Å²) in [6, 6.07) is 17.9. The van der Waals surface area contributed by atoms with Gasteiger partial charge in [-0.05, 0) is 17.7 Å². The quantitative estimate of drug-likeness (QED) is 0.691. The van der Waals surface area contributed by atoms with E-state index in [0.717, 1.165) is 38.5 Å². The molecule has 4 rings (SSSR count). The van der Waals surface area contributed by atoms with Gasteiger partial charge < -0.3 is 0 Å². The molecule has 2 heterocycles. The lowest BCUT2D eigenvalue weighted by atomic mass is 10.1. The monoisotopic (exact) mass is 325 g/mol. The Morgan fingerprint density at radius 2 is 1.73 bits per heavy atom. The molecule has 1 aliphatic rings. The van der Waals surface area contributed by atoms with Crippen molar-refractivity contribution >= 4 is 29.1 Å². The fourth-order valence-corrected chi connectivity index (χ4v) is 3.35. The van der Waals surface area contributed by atoms with Crippen molar-refractivity contribution in [3.8, 4) is 11.3 Å². The molecule has 5 heteroatoms. The molecule has 22 heavy (non-hydrogen) atoms. The van der Waals surface area contributed by atoms with Gasteiger partial charge in [-0.15, -0.1) is 0 Å². The van der Waals surface area contributed by atoms with Gasteiger partial charge in [0.05, 0.1) is 17.6 Å². The number of hydrogen-bond donors (Lipinski definition) is 0. The number of thioether (sulfide) groups is 1. The minimum atomic E-state index is 0.738. The molecule has 0 amide bonds. The molecule has 0 aliphatic carbocycles.